The molecule has 0 unspecified atom stereocenters. The van der Waals surface area contributed by atoms with Gasteiger partial charge in [-0.1, -0.05) is 30.3 Å². The summed E-state index contributed by atoms with van der Waals surface area (Å²) >= 11 is 0. The van der Waals surface area contributed by atoms with Crippen molar-refractivity contribution < 1.29 is 8.42 Å². The summed E-state index contributed by atoms with van der Waals surface area (Å²) in [6.45, 7) is 3.12. The Kier molecular flexibility index (Phi) is 4.92. The molecule has 1 aromatic heterocycles. The van der Waals surface area contributed by atoms with E-state index in [0.717, 1.165) is 17.7 Å². The molecule has 0 bridgehead atoms. The number of hydrogen-bond donors (Lipinski definition) is 1. The number of benzene rings is 1. The van der Waals surface area contributed by atoms with Crippen molar-refractivity contribution in [3.8, 4) is 0 Å². The Balaban J connectivity index is 1.77. The minimum Gasteiger partial charge on any atom is -0.270 e. The average Bonchev–Trinajstić information content (AvgIpc) is 2.81. The molecule has 0 aliphatic rings. The zero-order valence-electron chi connectivity index (χ0n) is 11.5. The van der Waals surface area contributed by atoms with E-state index in [4.69, 9.17) is 0 Å². The highest BCUT2D eigenvalue weighted by Gasteiger charge is 2.10. The molecule has 1 aromatic carbocycles. The van der Waals surface area contributed by atoms with Gasteiger partial charge >= 0.3 is 0 Å². The highest BCUT2D eigenvalue weighted by Crippen LogP contribution is 2.04. The molecule has 108 valence electrons. The van der Waals surface area contributed by atoms with Crippen LogP contribution in [-0.4, -0.2) is 24.7 Å². The molecule has 20 heavy (non-hydrogen) atoms. The van der Waals surface area contributed by atoms with Gasteiger partial charge in [-0.2, -0.15) is 5.10 Å². The standard InChI is InChI=1S/C14H19N3O2S/c1-13-8-10-15-17(13)11-5-9-16-20(18,19)12-14-6-3-2-4-7-14/h2-4,6-8,10,16H,5,9,11-12H2,1H3. The summed E-state index contributed by atoms with van der Waals surface area (Å²) in [7, 11) is -3.27. The van der Waals surface area contributed by atoms with Gasteiger partial charge in [0, 0.05) is 25.0 Å². The van der Waals surface area contributed by atoms with Gasteiger partial charge in [-0.25, -0.2) is 13.1 Å². The lowest BCUT2D eigenvalue weighted by Gasteiger charge is -2.07. The lowest BCUT2D eigenvalue weighted by molar-refractivity contribution is 0.545. The quantitative estimate of drug-likeness (QED) is 0.790. The molecule has 0 aliphatic heterocycles. The Bertz CT molecular complexity index is 635. The van der Waals surface area contributed by atoms with E-state index in [0.29, 0.717) is 13.1 Å². The summed E-state index contributed by atoms with van der Waals surface area (Å²) in [5, 5.41) is 4.16. The van der Waals surface area contributed by atoms with Crippen LogP contribution in [-0.2, 0) is 22.3 Å². The maximum atomic E-state index is 11.9. The van der Waals surface area contributed by atoms with Crippen molar-refractivity contribution in [3.05, 3.63) is 53.9 Å². The average molecular weight is 293 g/mol. The highest BCUT2D eigenvalue weighted by molar-refractivity contribution is 7.88. The lowest BCUT2D eigenvalue weighted by atomic mass is 10.2. The molecule has 0 saturated heterocycles. The second-order valence-corrected chi connectivity index (χ2v) is 6.50. The van der Waals surface area contributed by atoms with Gasteiger partial charge in [0.05, 0.1) is 5.75 Å². The SMILES string of the molecule is Cc1ccnn1CCCNS(=O)(=O)Cc1ccccc1. The Labute approximate surface area is 119 Å². The molecule has 2 aromatic rings. The van der Waals surface area contributed by atoms with Crippen LogP contribution in [0.5, 0.6) is 0 Å². The fourth-order valence-electron chi connectivity index (χ4n) is 1.93. The predicted molar refractivity (Wildman–Crippen MR) is 78.6 cm³/mol. The molecule has 0 amide bonds. The van der Waals surface area contributed by atoms with Gasteiger partial charge in [0.1, 0.15) is 0 Å². The van der Waals surface area contributed by atoms with Crippen molar-refractivity contribution in [1.82, 2.24) is 14.5 Å². The van der Waals surface area contributed by atoms with Crippen molar-refractivity contribution in [3.63, 3.8) is 0 Å². The zero-order chi connectivity index (χ0) is 14.4. The second-order valence-electron chi connectivity index (χ2n) is 4.69. The fraction of sp³-hybridized carbons (Fsp3) is 0.357. The second kappa shape index (κ2) is 6.67. The van der Waals surface area contributed by atoms with Crippen molar-refractivity contribution in [2.45, 2.75) is 25.6 Å². The van der Waals surface area contributed by atoms with Gasteiger partial charge in [-0.15, -0.1) is 0 Å². The van der Waals surface area contributed by atoms with Crippen molar-refractivity contribution in [2.24, 2.45) is 0 Å². The van der Waals surface area contributed by atoms with E-state index in [2.05, 4.69) is 9.82 Å². The molecule has 0 spiro atoms. The number of aromatic nitrogens is 2. The number of hydrogen-bond acceptors (Lipinski definition) is 3. The summed E-state index contributed by atoms with van der Waals surface area (Å²) in [4.78, 5) is 0. The summed E-state index contributed by atoms with van der Waals surface area (Å²) in [5.74, 6) is 0.0225. The first-order valence-corrected chi connectivity index (χ1v) is 8.22. The molecular formula is C14H19N3O2S. The third-order valence-electron chi connectivity index (χ3n) is 3.00. The van der Waals surface area contributed by atoms with Crippen LogP contribution in [0.1, 0.15) is 17.7 Å². The fourth-order valence-corrected chi connectivity index (χ4v) is 3.12. The molecular weight excluding hydrogens is 274 g/mol. The van der Waals surface area contributed by atoms with Crippen molar-refractivity contribution in [1.29, 1.82) is 0 Å². The first kappa shape index (κ1) is 14.7. The van der Waals surface area contributed by atoms with E-state index >= 15 is 0 Å². The van der Waals surface area contributed by atoms with Crippen LogP contribution < -0.4 is 4.72 Å². The van der Waals surface area contributed by atoms with Crippen molar-refractivity contribution >= 4 is 10.0 Å². The molecule has 0 saturated carbocycles. The Hall–Kier alpha value is -1.66. The first-order chi connectivity index (χ1) is 9.57. The van der Waals surface area contributed by atoms with Crippen LogP contribution in [0.4, 0.5) is 0 Å². The third kappa shape index (κ3) is 4.47. The smallest absolute Gasteiger partial charge is 0.215 e. The molecule has 5 nitrogen and oxygen atoms in total. The van der Waals surface area contributed by atoms with Gasteiger partial charge in [-0.05, 0) is 25.0 Å². The van der Waals surface area contributed by atoms with Crippen LogP contribution in [0.25, 0.3) is 0 Å². The summed E-state index contributed by atoms with van der Waals surface area (Å²) in [6.07, 6.45) is 2.46. The van der Waals surface area contributed by atoms with Crippen LogP contribution in [0, 0.1) is 6.92 Å². The van der Waals surface area contributed by atoms with Crippen LogP contribution >= 0.6 is 0 Å². The minimum atomic E-state index is -3.27. The van der Waals surface area contributed by atoms with E-state index in [9.17, 15) is 8.42 Å². The van der Waals surface area contributed by atoms with Gasteiger partial charge < -0.3 is 0 Å². The topological polar surface area (TPSA) is 64.0 Å². The minimum absolute atomic E-state index is 0.0225. The number of sulfonamides is 1. The maximum absolute atomic E-state index is 11.9. The third-order valence-corrected chi connectivity index (χ3v) is 4.35. The lowest BCUT2D eigenvalue weighted by Crippen LogP contribution is -2.27. The van der Waals surface area contributed by atoms with Gasteiger partial charge in [0.25, 0.3) is 0 Å². The summed E-state index contributed by atoms with van der Waals surface area (Å²) < 4.78 is 28.3. The van der Waals surface area contributed by atoms with E-state index < -0.39 is 10.0 Å². The Morgan fingerprint density at radius 2 is 1.95 bits per heavy atom. The molecule has 0 radical (unpaired) electrons. The van der Waals surface area contributed by atoms with Crippen LogP contribution in [0.3, 0.4) is 0 Å². The van der Waals surface area contributed by atoms with Gasteiger partial charge in [0.2, 0.25) is 10.0 Å². The van der Waals surface area contributed by atoms with Crippen LogP contribution in [0.15, 0.2) is 42.6 Å². The van der Waals surface area contributed by atoms with E-state index in [-0.39, 0.29) is 5.75 Å². The molecule has 1 heterocycles. The van der Waals surface area contributed by atoms with E-state index in [1.54, 1.807) is 6.20 Å². The van der Waals surface area contributed by atoms with E-state index in [1.165, 1.54) is 0 Å². The zero-order valence-corrected chi connectivity index (χ0v) is 12.3. The monoisotopic (exact) mass is 293 g/mol. The summed E-state index contributed by atoms with van der Waals surface area (Å²) in [5.41, 5.74) is 1.88. The number of nitrogens with one attached hydrogen (secondary N) is 1. The molecule has 0 atom stereocenters. The molecule has 0 fully saturated rings. The largest absolute Gasteiger partial charge is 0.270 e. The van der Waals surface area contributed by atoms with Crippen LogP contribution in [0.2, 0.25) is 0 Å². The molecule has 2 rings (SSSR count). The van der Waals surface area contributed by atoms with Crippen molar-refractivity contribution in [2.75, 3.05) is 6.54 Å². The van der Waals surface area contributed by atoms with Gasteiger partial charge in [0.15, 0.2) is 0 Å². The summed E-state index contributed by atoms with van der Waals surface area (Å²) in [6, 6.07) is 11.1. The van der Waals surface area contributed by atoms with E-state index in [1.807, 2.05) is 48.0 Å². The van der Waals surface area contributed by atoms with Gasteiger partial charge in [-0.3, -0.25) is 4.68 Å². The highest BCUT2D eigenvalue weighted by atomic mass is 32.2. The number of nitrogens with zero attached hydrogens (tertiary/aromatic N) is 2. The molecule has 6 heteroatoms. The normalized spacial score (nSPS) is 11.7. The molecule has 0 aliphatic carbocycles. The predicted octanol–water partition coefficient (Wildman–Crippen LogP) is 1.70. The Morgan fingerprint density at radius 1 is 1.20 bits per heavy atom. The number of rotatable bonds is 7. The molecule has 1 N–H and O–H groups in total. The first-order valence-electron chi connectivity index (χ1n) is 6.56. The number of aryl methyl sites for hydroxylation is 2. The Morgan fingerprint density at radius 3 is 2.60 bits per heavy atom. The maximum Gasteiger partial charge on any atom is 0.215 e.